The van der Waals surface area contributed by atoms with Gasteiger partial charge in [0.2, 0.25) is 11.8 Å². The van der Waals surface area contributed by atoms with Crippen LogP contribution in [-0.2, 0) is 16.1 Å². The van der Waals surface area contributed by atoms with Crippen LogP contribution in [0, 0.1) is 5.82 Å². The Bertz CT molecular complexity index is 1050. The Hall–Kier alpha value is -3.35. The normalized spacial score (nSPS) is 15.9. The average Bonchev–Trinajstić information content (AvgIpc) is 2.67. The van der Waals surface area contributed by atoms with E-state index in [1.807, 2.05) is 18.2 Å². The molecule has 2 aromatic carbocycles. The van der Waals surface area contributed by atoms with Crippen LogP contribution in [0.2, 0.25) is 0 Å². The van der Waals surface area contributed by atoms with Crippen LogP contribution in [0.25, 0.3) is 11.0 Å². The van der Waals surface area contributed by atoms with Crippen LogP contribution in [-0.4, -0.2) is 33.7 Å². The van der Waals surface area contributed by atoms with Crippen molar-refractivity contribution in [3.8, 4) is 0 Å². The maximum absolute atomic E-state index is 13.7. The molecule has 1 aliphatic heterocycles. The molecule has 0 saturated heterocycles. The second-order valence-electron chi connectivity index (χ2n) is 6.61. The summed E-state index contributed by atoms with van der Waals surface area (Å²) in [5, 5.41) is 2.69. The van der Waals surface area contributed by atoms with Crippen molar-refractivity contribution in [3.63, 3.8) is 0 Å². The van der Waals surface area contributed by atoms with Gasteiger partial charge in [-0.05, 0) is 41.5 Å². The van der Waals surface area contributed by atoms with Crippen molar-refractivity contribution in [1.82, 2.24) is 14.9 Å². The van der Waals surface area contributed by atoms with Gasteiger partial charge in [0.05, 0.1) is 17.0 Å². The highest BCUT2D eigenvalue weighted by molar-refractivity contribution is 6.01. The number of likely N-dealkylation sites (N-methyl/N-ethyl adjacent to an activating group) is 1. The summed E-state index contributed by atoms with van der Waals surface area (Å²) in [4.78, 5) is 35.0. The third-order valence-corrected chi connectivity index (χ3v) is 4.68. The van der Waals surface area contributed by atoms with Crippen LogP contribution in [0.1, 0.15) is 23.5 Å². The number of carbonyl (C=O) groups is 2. The number of amides is 2. The third-order valence-electron chi connectivity index (χ3n) is 4.68. The first-order valence-electron chi connectivity index (χ1n) is 8.55. The fourth-order valence-corrected chi connectivity index (χ4v) is 3.38. The Morgan fingerprint density at radius 3 is 2.78 bits per heavy atom. The van der Waals surface area contributed by atoms with Gasteiger partial charge in [-0.2, -0.15) is 0 Å². The minimum absolute atomic E-state index is 0.00280. The average molecular weight is 364 g/mol. The minimum Gasteiger partial charge on any atom is -0.341 e. The quantitative estimate of drug-likeness (QED) is 0.775. The van der Waals surface area contributed by atoms with E-state index in [2.05, 4.69) is 15.3 Å². The largest absolute Gasteiger partial charge is 0.341 e. The summed E-state index contributed by atoms with van der Waals surface area (Å²) in [6, 6.07) is 9.70. The number of fused-ring (bicyclic) bond motifs is 2. The number of hydrogen-bond donors (Lipinski definition) is 1. The van der Waals surface area contributed by atoms with Crippen molar-refractivity contribution < 1.29 is 14.0 Å². The van der Waals surface area contributed by atoms with Crippen molar-refractivity contribution in [2.75, 3.05) is 12.4 Å². The maximum atomic E-state index is 13.7. The van der Waals surface area contributed by atoms with Crippen molar-refractivity contribution in [1.29, 1.82) is 0 Å². The van der Waals surface area contributed by atoms with Crippen molar-refractivity contribution >= 4 is 28.5 Å². The van der Waals surface area contributed by atoms with E-state index in [0.29, 0.717) is 17.8 Å². The number of benzene rings is 2. The molecule has 4 rings (SSSR count). The molecular formula is C20H17FN4O2. The topological polar surface area (TPSA) is 75.2 Å². The minimum atomic E-state index is -0.699. The first kappa shape index (κ1) is 17.1. The summed E-state index contributed by atoms with van der Waals surface area (Å²) in [5.74, 6) is -1.61. The third kappa shape index (κ3) is 3.36. The molecule has 27 heavy (non-hydrogen) atoms. The zero-order valence-electron chi connectivity index (χ0n) is 14.6. The molecule has 2 heterocycles. The lowest BCUT2D eigenvalue weighted by atomic mass is 9.89. The SMILES string of the molecule is CN(Cc1ccc2nccnc2c1)C(=O)[C@H]1CC(=O)Nc2ccc(F)cc21. The molecule has 7 heteroatoms. The molecule has 2 amide bonds. The number of nitrogens with zero attached hydrogens (tertiary/aromatic N) is 3. The molecule has 1 aromatic heterocycles. The molecule has 0 spiro atoms. The van der Waals surface area contributed by atoms with Crippen molar-refractivity contribution in [3.05, 3.63) is 65.7 Å². The molecule has 136 valence electrons. The highest BCUT2D eigenvalue weighted by Crippen LogP contribution is 2.34. The van der Waals surface area contributed by atoms with Gasteiger partial charge in [-0.1, -0.05) is 6.07 Å². The van der Waals surface area contributed by atoms with Crippen LogP contribution in [0.3, 0.4) is 0 Å². The fraction of sp³-hybridized carbons (Fsp3) is 0.200. The van der Waals surface area contributed by atoms with Crippen LogP contribution in [0.15, 0.2) is 48.8 Å². The van der Waals surface area contributed by atoms with E-state index < -0.39 is 11.7 Å². The molecule has 1 N–H and O–H groups in total. The highest BCUT2D eigenvalue weighted by Gasteiger charge is 2.32. The van der Waals surface area contributed by atoms with E-state index in [-0.39, 0.29) is 18.2 Å². The first-order valence-corrected chi connectivity index (χ1v) is 8.55. The number of aromatic nitrogens is 2. The molecule has 0 fully saturated rings. The van der Waals surface area contributed by atoms with E-state index in [1.54, 1.807) is 24.3 Å². The molecule has 0 radical (unpaired) electrons. The van der Waals surface area contributed by atoms with Crippen LogP contribution < -0.4 is 5.32 Å². The Labute approximate surface area is 155 Å². The number of rotatable bonds is 3. The Morgan fingerprint density at radius 2 is 1.96 bits per heavy atom. The Kier molecular flexibility index (Phi) is 4.27. The van der Waals surface area contributed by atoms with E-state index in [1.165, 1.54) is 18.2 Å². The summed E-state index contributed by atoms with van der Waals surface area (Å²) in [6.07, 6.45) is 3.25. The summed E-state index contributed by atoms with van der Waals surface area (Å²) < 4.78 is 13.7. The van der Waals surface area contributed by atoms with Gasteiger partial charge in [0.25, 0.3) is 0 Å². The summed E-state index contributed by atoms with van der Waals surface area (Å²) in [6.45, 7) is 0.355. The zero-order valence-corrected chi connectivity index (χ0v) is 14.6. The van der Waals surface area contributed by atoms with Gasteiger partial charge in [-0.25, -0.2) is 4.39 Å². The van der Waals surface area contributed by atoms with Gasteiger partial charge in [-0.3, -0.25) is 19.6 Å². The predicted octanol–water partition coefficient (Wildman–Crippen LogP) is 2.85. The van der Waals surface area contributed by atoms with Gasteiger partial charge in [-0.15, -0.1) is 0 Å². The molecule has 0 saturated carbocycles. The van der Waals surface area contributed by atoms with Gasteiger partial charge in [0, 0.05) is 38.1 Å². The predicted molar refractivity (Wildman–Crippen MR) is 98.4 cm³/mol. The molecule has 1 atom stereocenters. The smallest absolute Gasteiger partial charge is 0.230 e. The number of hydrogen-bond acceptors (Lipinski definition) is 4. The second kappa shape index (κ2) is 6.75. The van der Waals surface area contributed by atoms with Crippen molar-refractivity contribution in [2.24, 2.45) is 0 Å². The number of nitrogens with one attached hydrogen (secondary N) is 1. The lowest BCUT2D eigenvalue weighted by Crippen LogP contribution is -2.36. The van der Waals surface area contributed by atoms with Gasteiger partial charge in [0.1, 0.15) is 5.82 Å². The molecule has 3 aromatic rings. The Morgan fingerprint density at radius 1 is 1.19 bits per heavy atom. The van der Waals surface area contributed by atoms with Gasteiger partial charge >= 0.3 is 0 Å². The first-order chi connectivity index (χ1) is 13.0. The van der Waals surface area contributed by atoms with Gasteiger partial charge < -0.3 is 10.2 Å². The maximum Gasteiger partial charge on any atom is 0.230 e. The highest BCUT2D eigenvalue weighted by atomic mass is 19.1. The summed E-state index contributed by atoms with van der Waals surface area (Å²) in [5.41, 5.74) is 3.43. The van der Waals surface area contributed by atoms with Crippen molar-refractivity contribution in [2.45, 2.75) is 18.9 Å². The summed E-state index contributed by atoms with van der Waals surface area (Å²) >= 11 is 0. The molecular weight excluding hydrogens is 347 g/mol. The van der Waals surface area contributed by atoms with Crippen LogP contribution in [0.4, 0.5) is 10.1 Å². The molecule has 0 bridgehead atoms. The Balaban J connectivity index is 1.58. The van der Waals surface area contributed by atoms with E-state index in [9.17, 15) is 14.0 Å². The zero-order chi connectivity index (χ0) is 19.0. The lowest BCUT2D eigenvalue weighted by Gasteiger charge is -2.28. The monoisotopic (exact) mass is 364 g/mol. The molecule has 1 aliphatic rings. The van der Waals surface area contributed by atoms with Crippen LogP contribution >= 0.6 is 0 Å². The molecule has 0 unspecified atom stereocenters. The standard InChI is InChI=1S/C20H17FN4O2/c1-25(11-12-2-4-17-18(8-12)23-7-6-22-17)20(27)15-10-19(26)24-16-5-3-13(21)9-14(15)16/h2-9,15H,10-11H2,1H3,(H,24,26)/t15-/m0/s1. The molecule has 6 nitrogen and oxygen atoms in total. The van der Waals surface area contributed by atoms with E-state index in [0.717, 1.165) is 16.6 Å². The fourth-order valence-electron chi connectivity index (χ4n) is 3.38. The lowest BCUT2D eigenvalue weighted by molar-refractivity contribution is -0.134. The summed E-state index contributed by atoms with van der Waals surface area (Å²) in [7, 11) is 1.68. The number of carbonyl (C=O) groups excluding carboxylic acids is 2. The molecule has 0 aliphatic carbocycles. The number of anilines is 1. The van der Waals surface area contributed by atoms with Gasteiger partial charge in [0.15, 0.2) is 0 Å². The second-order valence-corrected chi connectivity index (χ2v) is 6.61. The van der Waals surface area contributed by atoms with E-state index in [4.69, 9.17) is 0 Å². The van der Waals surface area contributed by atoms with Crippen LogP contribution in [0.5, 0.6) is 0 Å². The van der Waals surface area contributed by atoms with E-state index >= 15 is 0 Å². The number of halogens is 1.